The summed E-state index contributed by atoms with van der Waals surface area (Å²) in [6.45, 7) is 3.57. The van der Waals surface area contributed by atoms with Crippen LogP contribution in [-0.4, -0.2) is 45.2 Å². The Morgan fingerprint density at radius 2 is 2.25 bits per heavy atom. The van der Waals surface area contributed by atoms with Crippen molar-refractivity contribution >= 4 is 11.9 Å². The van der Waals surface area contributed by atoms with Gasteiger partial charge in [0.05, 0.1) is 17.9 Å². The van der Waals surface area contributed by atoms with Crippen LogP contribution in [0.15, 0.2) is 6.07 Å². The number of carbonyl (C=O) groups excluding carboxylic acids is 2. The van der Waals surface area contributed by atoms with Gasteiger partial charge in [0.2, 0.25) is 0 Å². The predicted octanol–water partition coefficient (Wildman–Crippen LogP) is -0.0975. The van der Waals surface area contributed by atoms with Gasteiger partial charge in [-0.3, -0.25) is 14.4 Å². The van der Waals surface area contributed by atoms with Crippen LogP contribution in [0.25, 0.3) is 0 Å². The first-order chi connectivity index (χ1) is 9.52. The van der Waals surface area contributed by atoms with Crippen LogP contribution in [0, 0.1) is 6.92 Å². The lowest BCUT2D eigenvalue weighted by atomic mass is 9.90. The molecule has 1 aromatic heterocycles. The Hall–Kier alpha value is -1.89. The van der Waals surface area contributed by atoms with Gasteiger partial charge in [0, 0.05) is 13.6 Å². The lowest BCUT2D eigenvalue weighted by molar-refractivity contribution is -0.132. The van der Waals surface area contributed by atoms with E-state index in [2.05, 4.69) is 15.7 Å². The van der Waals surface area contributed by atoms with Crippen molar-refractivity contribution in [2.45, 2.75) is 31.8 Å². The molecule has 1 atom stereocenters. The number of urea groups is 1. The van der Waals surface area contributed by atoms with Gasteiger partial charge in [-0.15, -0.1) is 0 Å². The van der Waals surface area contributed by atoms with Crippen molar-refractivity contribution in [3.63, 3.8) is 0 Å². The molecule has 2 aliphatic heterocycles. The first-order valence-electron chi connectivity index (χ1n) is 6.86. The highest BCUT2D eigenvalue weighted by Crippen LogP contribution is 2.26. The minimum atomic E-state index is -0.747. The predicted molar refractivity (Wildman–Crippen MR) is 71.9 cm³/mol. The first-order valence-corrected chi connectivity index (χ1v) is 6.86. The van der Waals surface area contributed by atoms with Gasteiger partial charge < -0.3 is 10.6 Å². The van der Waals surface area contributed by atoms with Crippen LogP contribution in [-0.2, 0) is 18.4 Å². The number of aryl methyl sites for hydroxylation is 2. The quantitative estimate of drug-likeness (QED) is 0.740. The number of amides is 3. The Bertz CT molecular complexity index is 559. The summed E-state index contributed by atoms with van der Waals surface area (Å²) >= 11 is 0. The summed E-state index contributed by atoms with van der Waals surface area (Å²) in [5.74, 6) is -0.131. The SMILES string of the molecule is Cc1cc(CN2C(=O)NC3(CCCNC3)C2=O)n(C)n1. The van der Waals surface area contributed by atoms with Gasteiger partial charge in [0.25, 0.3) is 5.91 Å². The molecule has 1 spiro atoms. The molecule has 2 fully saturated rings. The number of aromatic nitrogens is 2. The summed E-state index contributed by atoms with van der Waals surface area (Å²) in [5.41, 5.74) is 0.985. The minimum absolute atomic E-state index is 0.131. The Morgan fingerprint density at radius 3 is 2.85 bits per heavy atom. The number of imide groups is 1. The number of nitrogens with one attached hydrogen (secondary N) is 2. The molecule has 0 saturated carbocycles. The molecule has 1 aromatic rings. The van der Waals surface area contributed by atoms with E-state index < -0.39 is 5.54 Å². The summed E-state index contributed by atoms with van der Waals surface area (Å²) in [5, 5.41) is 10.3. The molecule has 2 aliphatic rings. The van der Waals surface area contributed by atoms with Crippen molar-refractivity contribution in [3.05, 3.63) is 17.5 Å². The van der Waals surface area contributed by atoms with E-state index >= 15 is 0 Å². The lowest BCUT2D eigenvalue weighted by Gasteiger charge is -2.31. The molecule has 20 heavy (non-hydrogen) atoms. The Labute approximate surface area is 117 Å². The number of nitrogens with zero attached hydrogens (tertiary/aromatic N) is 3. The highest BCUT2D eigenvalue weighted by Gasteiger charge is 2.51. The molecule has 0 aromatic carbocycles. The average molecular weight is 277 g/mol. The van der Waals surface area contributed by atoms with Crippen molar-refractivity contribution in [2.24, 2.45) is 7.05 Å². The molecule has 1 unspecified atom stereocenters. The molecular weight excluding hydrogens is 258 g/mol. The van der Waals surface area contributed by atoms with E-state index in [0.29, 0.717) is 13.0 Å². The maximum Gasteiger partial charge on any atom is 0.325 e. The standard InChI is InChI=1S/C13H19N5O2/c1-9-6-10(17(2)16-9)7-18-11(19)13(15-12(18)20)4-3-5-14-8-13/h6,14H,3-5,7-8H2,1-2H3,(H,15,20). The second-order valence-electron chi connectivity index (χ2n) is 5.58. The third-order valence-corrected chi connectivity index (χ3v) is 4.05. The van der Waals surface area contributed by atoms with E-state index in [1.165, 1.54) is 4.90 Å². The molecule has 0 bridgehead atoms. The summed E-state index contributed by atoms with van der Waals surface area (Å²) in [4.78, 5) is 26.0. The van der Waals surface area contributed by atoms with Gasteiger partial charge >= 0.3 is 6.03 Å². The van der Waals surface area contributed by atoms with Crippen molar-refractivity contribution in [1.29, 1.82) is 0 Å². The van der Waals surface area contributed by atoms with E-state index in [0.717, 1.165) is 24.4 Å². The molecule has 2 N–H and O–H groups in total. The van der Waals surface area contributed by atoms with Crippen LogP contribution >= 0.6 is 0 Å². The average Bonchev–Trinajstić information content (AvgIpc) is 2.83. The van der Waals surface area contributed by atoms with Crippen LogP contribution in [0.5, 0.6) is 0 Å². The molecule has 3 heterocycles. The number of hydrogen-bond donors (Lipinski definition) is 2. The van der Waals surface area contributed by atoms with E-state index in [9.17, 15) is 9.59 Å². The smallest absolute Gasteiger partial charge is 0.322 e. The zero-order valence-electron chi connectivity index (χ0n) is 11.8. The molecule has 7 nitrogen and oxygen atoms in total. The first kappa shape index (κ1) is 13.1. The molecule has 3 amide bonds. The van der Waals surface area contributed by atoms with Crippen molar-refractivity contribution in [3.8, 4) is 0 Å². The molecule has 0 aliphatic carbocycles. The van der Waals surface area contributed by atoms with Crippen LogP contribution in [0.2, 0.25) is 0 Å². The van der Waals surface area contributed by atoms with Gasteiger partial charge in [-0.1, -0.05) is 0 Å². The molecule has 7 heteroatoms. The van der Waals surface area contributed by atoms with Gasteiger partial charge in [0.1, 0.15) is 5.54 Å². The summed E-state index contributed by atoms with van der Waals surface area (Å²) in [7, 11) is 1.82. The van der Waals surface area contributed by atoms with E-state index in [1.54, 1.807) is 4.68 Å². The maximum atomic E-state index is 12.6. The Morgan fingerprint density at radius 1 is 1.45 bits per heavy atom. The van der Waals surface area contributed by atoms with E-state index in [4.69, 9.17) is 0 Å². The lowest BCUT2D eigenvalue weighted by Crippen LogP contribution is -2.57. The number of piperidine rings is 1. The van der Waals surface area contributed by atoms with Gasteiger partial charge in [-0.05, 0) is 32.4 Å². The molecule has 3 rings (SSSR count). The monoisotopic (exact) mass is 277 g/mol. The third-order valence-electron chi connectivity index (χ3n) is 4.05. The second kappa shape index (κ2) is 4.59. The number of rotatable bonds is 2. The van der Waals surface area contributed by atoms with Crippen LogP contribution in [0.1, 0.15) is 24.2 Å². The maximum absolute atomic E-state index is 12.6. The highest BCUT2D eigenvalue weighted by atomic mass is 16.2. The van der Waals surface area contributed by atoms with Crippen molar-refractivity contribution < 1.29 is 9.59 Å². The minimum Gasteiger partial charge on any atom is -0.322 e. The zero-order valence-corrected chi connectivity index (χ0v) is 11.8. The van der Waals surface area contributed by atoms with Crippen molar-refractivity contribution in [2.75, 3.05) is 13.1 Å². The second-order valence-corrected chi connectivity index (χ2v) is 5.58. The Balaban J connectivity index is 1.82. The van der Waals surface area contributed by atoms with Crippen molar-refractivity contribution in [1.82, 2.24) is 25.3 Å². The molecule has 108 valence electrons. The van der Waals surface area contributed by atoms with Gasteiger partial charge in [0.15, 0.2) is 0 Å². The summed E-state index contributed by atoms with van der Waals surface area (Å²) < 4.78 is 1.71. The van der Waals surface area contributed by atoms with Gasteiger partial charge in [-0.25, -0.2) is 4.79 Å². The fraction of sp³-hybridized carbons (Fsp3) is 0.615. The van der Waals surface area contributed by atoms with Crippen LogP contribution in [0.4, 0.5) is 4.79 Å². The molecule has 2 saturated heterocycles. The largest absolute Gasteiger partial charge is 0.325 e. The topological polar surface area (TPSA) is 79.3 Å². The van der Waals surface area contributed by atoms with Crippen LogP contribution < -0.4 is 10.6 Å². The van der Waals surface area contributed by atoms with E-state index in [-0.39, 0.29) is 18.5 Å². The Kier molecular flexibility index (Phi) is 3.01. The highest BCUT2D eigenvalue weighted by molar-refractivity contribution is 6.07. The number of hydrogen-bond acceptors (Lipinski definition) is 4. The van der Waals surface area contributed by atoms with E-state index in [1.807, 2.05) is 20.0 Å². The van der Waals surface area contributed by atoms with Gasteiger partial charge in [-0.2, -0.15) is 5.10 Å². The zero-order chi connectivity index (χ0) is 14.3. The number of carbonyl (C=O) groups is 2. The van der Waals surface area contributed by atoms with Crippen LogP contribution in [0.3, 0.4) is 0 Å². The molecular formula is C13H19N5O2. The fourth-order valence-corrected chi connectivity index (χ4v) is 2.99. The molecule has 0 radical (unpaired) electrons. The normalized spacial score (nSPS) is 26.4. The fourth-order valence-electron chi connectivity index (χ4n) is 2.99. The summed E-state index contributed by atoms with van der Waals surface area (Å²) in [6.07, 6.45) is 1.59. The third kappa shape index (κ3) is 1.98. The summed E-state index contributed by atoms with van der Waals surface area (Å²) in [6, 6.07) is 1.59.